The predicted octanol–water partition coefficient (Wildman–Crippen LogP) is 3.50. The fraction of sp³-hybridized carbons (Fsp3) is 0.938. The molecule has 0 spiro atoms. The summed E-state index contributed by atoms with van der Waals surface area (Å²) >= 11 is 0. The fourth-order valence-corrected chi connectivity index (χ4v) is 3.71. The molecule has 0 radical (unpaired) electrons. The number of halogens is 1. The van der Waals surface area contributed by atoms with Crippen molar-refractivity contribution in [1.82, 2.24) is 4.90 Å². The number of hydrogen-bond donors (Lipinski definition) is 1. The van der Waals surface area contributed by atoms with Crippen molar-refractivity contribution >= 4 is 18.3 Å². The summed E-state index contributed by atoms with van der Waals surface area (Å²) in [5.74, 6) is 0.753. The van der Waals surface area contributed by atoms with E-state index in [1.165, 1.54) is 51.4 Å². The molecule has 1 amide bonds. The van der Waals surface area contributed by atoms with Crippen LogP contribution in [0.5, 0.6) is 0 Å². The van der Waals surface area contributed by atoms with Gasteiger partial charge in [0.05, 0.1) is 0 Å². The standard InChI is InChI=1S/C16H30N2O.ClH/c1-18(14-9-4-2-3-5-10-14)16(19)12-13-8-6-7-11-15(13)17;/h13-15H,2-12,17H2,1H3;1H. The predicted molar refractivity (Wildman–Crippen MR) is 86.1 cm³/mol. The van der Waals surface area contributed by atoms with Gasteiger partial charge in [-0.15, -0.1) is 12.4 Å². The summed E-state index contributed by atoms with van der Waals surface area (Å²) in [5.41, 5.74) is 6.16. The van der Waals surface area contributed by atoms with E-state index in [-0.39, 0.29) is 18.4 Å². The van der Waals surface area contributed by atoms with E-state index in [9.17, 15) is 4.79 Å². The zero-order valence-electron chi connectivity index (χ0n) is 12.9. The molecule has 118 valence electrons. The van der Waals surface area contributed by atoms with E-state index in [1.807, 2.05) is 11.9 Å². The summed E-state index contributed by atoms with van der Waals surface area (Å²) in [6.07, 6.45) is 13.0. The molecule has 0 bridgehead atoms. The maximum absolute atomic E-state index is 12.4. The summed E-state index contributed by atoms with van der Waals surface area (Å²) < 4.78 is 0. The van der Waals surface area contributed by atoms with Crippen LogP contribution in [-0.2, 0) is 4.79 Å². The van der Waals surface area contributed by atoms with Gasteiger partial charge in [-0.1, -0.05) is 38.5 Å². The third kappa shape index (κ3) is 4.92. The van der Waals surface area contributed by atoms with Crippen LogP contribution in [-0.4, -0.2) is 29.9 Å². The summed E-state index contributed by atoms with van der Waals surface area (Å²) in [7, 11) is 2.01. The molecule has 2 fully saturated rings. The van der Waals surface area contributed by atoms with Crippen molar-refractivity contribution in [2.45, 2.75) is 82.7 Å². The van der Waals surface area contributed by atoms with E-state index < -0.39 is 0 Å². The van der Waals surface area contributed by atoms with Crippen LogP contribution in [0.3, 0.4) is 0 Å². The van der Waals surface area contributed by atoms with Crippen molar-refractivity contribution in [3.8, 4) is 0 Å². The smallest absolute Gasteiger partial charge is 0.222 e. The second-order valence-corrected chi connectivity index (χ2v) is 6.56. The normalized spacial score (nSPS) is 28.3. The van der Waals surface area contributed by atoms with Gasteiger partial charge in [0.15, 0.2) is 0 Å². The molecule has 0 saturated heterocycles. The number of nitrogens with zero attached hydrogens (tertiary/aromatic N) is 1. The number of carbonyl (C=O) groups is 1. The van der Waals surface area contributed by atoms with Gasteiger partial charge in [-0.25, -0.2) is 0 Å². The highest BCUT2D eigenvalue weighted by Crippen LogP contribution is 2.27. The van der Waals surface area contributed by atoms with E-state index in [0.29, 0.717) is 24.3 Å². The van der Waals surface area contributed by atoms with Crippen molar-refractivity contribution < 1.29 is 4.79 Å². The first kappa shape index (κ1) is 17.8. The Balaban J connectivity index is 0.00000200. The van der Waals surface area contributed by atoms with Gasteiger partial charge in [0.25, 0.3) is 0 Å². The number of carbonyl (C=O) groups excluding carboxylic acids is 1. The van der Waals surface area contributed by atoms with Crippen LogP contribution in [0.4, 0.5) is 0 Å². The Hall–Kier alpha value is -0.280. The average Bonchev–Trinajstić information content (AvgIpc) is 2.69. The quantitative estimate of drug-likeness (QED) is 0.811. The Morgan fingerprint density at radius 3 is 2.15 bits per heavy atom. The molecule has 0 aromatic carbocycles. The third-order valence-electron chi connectivity index (χ3n) is 5.17. The Labute approximate surface area is 130 Å². The molecule has 2 saturated carbocycles. The lowest BCUT2D eigenvalue weighted by atomic mass is 9.82. The molecular formula is C16H31ClN2O. The van der Waals surface area contributed by atoms with E-state index in [0.717, 1.165) is 12.8 Å². The lowest BCUT2D eigenvalue weighted by Gasteiger charge is -2.32. The van der Waals surface area contributed by atoms with Gasteiger partial charge in [0, 0.05) is 25.6 Å². The first-order chi connectivity index (χ1) is 9.18. The van der Waals surface area contributed by atoms with Crippen molar-refractivity contribution in [3.05, 3.63) is 0 Å². The van der Waals surface area contributed by atoms with Gasteiger partial charge < -0.3 is 10.6 Å². The van der Waals surface area contributed by atoms with Gasteiger partial charge in [-0.3, -0.25) is 4.79 Å². The molecule has 0 aromatic heterocycles. The monoisotopic (exact) mass is 302 g/mol. The molecule has 2 rings (SSSR count). The Bertz CT molecular complexity index is 290. The zero-order valence-corrected chi connectivity index (χ0v) is 13.7. The first-order valence-electron chi connectivity index (χ1n) is 8.19. The molecule has 2 aliphatic rings. The third-order valence-corrected chi connectivity index (χ3v) is 5.17. The molecule has 0 heterocycles. The van der Waals surface area contributed by atoms with E-state index in [2.05, 4.69) is 0 Å². The Morgan fingerprint density at radius 2 is 1.55 bits per heavy atom. The lowest BCUT2D eigenvalue weighted by Crippen LogP contribution is -2.41. The van der Waals surface area contributed by atoms with Crippen molar-refractivity contribution in [3.63, 3.8) is 0 Å². The number of amides is 1. The number of hydrogen-bond acceptors (Lipinski definition) is 2. The molecule has 2 atom stereocenters. The van der Waals surface area contributed by atoms with Gasteiger partial charge in [-0.05, 0) is 31.6 Å². The molecule has 2 unspecified atom stereocenters. The van der Waals surface area contributed by atoms with Crippen molar-refractivity contribution in [1.29, 1.82) is 0 Å². The fourth-order valence-electron chi connectivity index (χ4n) is 3.71. The minimum atomic E-state index is 0. The van der Waals surface area contributed by atoms with Crippen LogP contribution in [0, 0.1) is 5.92 Å². The molecule has 2 aliphatic carbocycles. The van der Waals surface area contributed by atoms with Crippen LogP contribution < -0.4 is 5.73 Å². The molecule has 0 aliphatic heterocycles. The van der Waals surface area contributed by atoms with Gasteiger partial charge in [0.1, 0.15) is 0 Å². The molecular weight excluding hydrogens is 272 g/mol. The van der Waals surface area contributed by atoms with E-state index in [4.69, 9.17) is 5.73 Å². The highest BCUT2D eigenvalue weighted by atomic mass is 35.5. The molecule has 20 heavy (non-hydrogen) atoms. The SMILES string of the molecule is CN(C(=O)CC1CCCCC1N)C1CCCCCC1.Cl. The minimum absolute atomic E-state index is 0. The summed E-state index contributed by atoms with van der Waals surface area (Å²) in [6, 6.07) is 0.732. The molecule has 3 nitrogen and oxygen atoms in total. The van der Waals surface area contributed by atoms with Crippen LogP contribution in [0.2, 0.25) is 0 Å². The van der Waals surface area contributed by atoms with Crippen molar-refractivity contribution in [2.75, 3.05) is 7.05 Å². The Morgan fingerprint density at radius 1 is 1.00 bits per heavy atom. The summed E-state index contributed by atoms with van der Waals surface area (Å²) in [6.45, 7) is 0. The second kappa shape index (κ2) is 8.89. The highest BCUT2D eigenvalue weighted by molar-refractivity contribution is 5.85. The van der Waals surface area contributed by atoms with Crippen molar-refractivity contribution in [2.24, 2.45) is 11.7 Å². The number of nitrogens with two attached hydrogens (primary N) is 1. The number of rotatable bonds is 3. The largest absolute Gasteiger partial charge is 0.343 e. The van der Waals surface area contributed by atoms with Crippen LogP contribution in [0.15, 0.2) is 0 Å². The van der Waals surface area contributed by atoms with Gasteiger partial charge in [-0.2, -0.15) is 0 Å². The van der Waals surface area contributed by atoms with Crippen LogP contribution in [0.1, 0.15) is 70.6 Å². The van der Waals surface area contributed by atoms with Gasteiger partial charge in [0.2, 0.25) is 5.91 Å². The maximum atomic E-state index is 12.4. The maximum Gasteiger partial charge on any atom is 0.222 e. The molecule has 4 heteroatoms. The second-order valence-electron chi connectivity index (χ2n) is 6.56. The summed E-state index contributed by atoms with van der Waals surface area (Å²) in [4.78, 5) is 14.5. The highest BCUT2D eigenvalue weighted by Gasteiger charge is 2.27. The molecule has 0 aromatic rings. The summed E-state index contributed by atoms with van der Waals surface area (Å²) in [5, 5.41) is 0. The molecule has 2 N–H and O–H groups in total. The topological polar surface area (TPSA) is 46.3 Å². The van der Waals surface area contributed by atoms with E-state index in [1.54, 1.807) is 0 Å². The van der Waals surface area contributed by atoms with Crippen LogP contribution in [0.25, 0.3) is 0 Å². The first-order valence-corrected chi connectivity index (χ1v) is 8.19. The van der Waals surface area contributed by atoms with E-state index >= 15 is 0 Å². The van der Waals surface area contributed by atoms with Crippen LogP contribution >= 0.6 is 12.4 Å². The average molecular weight is 303 g/mol. The minimum Gasteiger partial charge on any atom is -0.343 e. The van der Waals surface area contributed by atoms with Gasteiger partial charge >= 0.3 is 0 Å². The lowest BCUT2D eigenvalue weighted by molar-refractivity contribution is -0.133. The Kier molecular flexibility index (Phi) is 7.90. The zero-order chi connectivity index (χ0) is 13.7.